The molecule has 0 atom stereocenters. The Labute approximate surface area is 193 Å². The van der Waals surface area contributed by atoms with Gasteiger partial charge >= 0.3 is 0 Å². The zero-order valence-electron chi connectivity index (χ0n) is 17.5. The highest BCUT2D eigenvalue weighted by atomic mass is 32.1. The third kappa shape index (κ3) is 4.27. The van der Waals surface area contributed by atoms with Crippen LogP contribution >= 0.6 is 11.3 Å². The third-order valence-electron chi connectivity index (χ3n) is 5.54. The van der Waals surface area contributed by atoms with E-state index in [2.05, 4.69) is 20.6 Å². The Balaban J connectivity index is 1.43. The van der Waals surface area contributed by atoms with Crippen molar-refractivity contribution < 1.29 is 14.0 Å². The Morgan fingerprint density at radius 2 is 1.91 bits per heavy atom. The molecular formula is C24H20FN5O2S. The van der Waals surface area contributed by atoms with Crippen LogP contribution in [0.25, 0.3) is 5.69 Å². The van der Waals surface area contributed by atoms with Crippen LogP contribution < -0.4 is 10.6 Å². The molecule has 0 saturated heterocycles. The average Bonchev–Trinajstić information content (AvgIpc) is 3.47. The summed E-state index contributed by atoms with van der Waals surface area (Å²) in [4.78, 5) is 35.0. The fourth-order valence-corrected chi connectivity index (χ4v) is 5.24. The molecule has 0 fully saturated rings. The highest BCUT2D eigenvalue weighted by Gasteiger charge is 2.27. The minimum absolute atomic E-state index is 0.327. The molecule has 0 spiro atoms. The SMILES string of the molecule is O=C(Nc1sc2c(c1C(=O)Nc1ccc(-n3ccnc3)c(F)c1)CCCC2)c1cccnc1. The van der Waals surface area contributed by atoms with Gasteiger partial charge in [-0.05, 0) is 61.6 Å². The predicted octanol–water partition coefficient (Wildman–Crippen LogP) is 4.85. The quantitative estimate of drug-likeness (QED) is 0.445. The predicted molar refractivity (Wildman–Crippen MR) is 125 cm³/mol. The van der Waals surface area contributed by atoms with Gasteiger partial charge in [-0.1, -0.05) is 0 Å². The molecule has 0 saturated carbocycles. The maximum absolute atomic E-state index is 14.7. The zero-order valence-corrected chi connectivity index (χ0v) is 18.4. The molecule has 0 aliphatic heterocycles. The van der Waals surface area contributed by atoms with E-state index in [-0.39, 0.29) is 11.8 Å². The molecule has 0 unspecified atom stereocenters. The van der Waals surface area contributed by atoms with E-state index in [9.17, 15) is 14.0 Å². The smallest absolute Gasteiger partial charge is 0.258 e. The molecular weight excluding hydrogens is 441 g/mol. The maximum Gasteiger partial charge on any atom is 0.258 e. The van der Waals surface area contributed by atoms with Crippen molar-refractivity contribution in [3.05, 3.63) is 88.8 Å². The van der Waals surface area contributed by atoms with Gasteiger partial charge in [-0.25, -0.2) is 9.37 Å². The first-order chi connectivity index (χ1) is 16.1. The standard InChI is InChI=1S/C24H20FN5O2S/c25-18-12-16(7-8-19(18)30-11-10-27-14-30)28-23(32)21-17-5-1-2-6-20(17)33-24(21)29-22(31)15-4-3-9-26-13-15/h3-4,7-14H,1-2,5-6H2,(H,28,32)(H,29,31). The number of anilines is 2. The summed E-state index contributed by atoms with van der Waals surface area (Å²) in [6.07, 6.45) is 11.5. The molecule has 1 aliphatic carbocycles. The Bertz CT molecular complexity index is 1320. The number of aryl methyl sites for hydroxylation is 1. The fraction of sp³-hybridized carbons (Fsp3) is 0.167. The summed E-state index contributed by atoms with van der Waals surface area (Å²) < 4.78 is 16.2. The van der Waals surface area contributed by atoms with Crippen molar-refractivity contribution in [1.82, 2.24) is 14.5 Å². The minimum atomic E-state index is -0.483. The number of aromatic nitrogens is 3. The first kappa shape index (κ1) is 21.0. The molecule has 5 rings (SSSR count). The van der Waals surface area contributed by atoms with Gasteiger partial charge in [0.2, 0.25) is 0 Å². The summed E-state index contributed by atoms with van der Waals surface area (Å²) in [7, 11) is 0. The lowest BCUT2D eigenvalue weighted by atomic mass is 9.95. The first-order valence-corrected chi connectivity index (χ1v) is 11.4. The Hall–Kier alpha value is -3.85. The van der Waals surface area contributed by atoms with Crippen molar-refractivity contribution >= 4 is 33.8 Å². The second-order valence-electron chi connectivity index (χ2n) is 7.70. The first-order valence-electron chi connectivity index (χ1n) is 10.6. The van der Waals surface area contributed by atoms with Gasteiger partial charge in [0.05, 0.1) is 23.1 Å². The van der Waals surface area contributed by atoms with Crippen LogP contribution in [-0.4, -0.2) is 26.3 Å². The summed E-state index contributed by atoms with van der Waals surface area (Å²) in [5, 5.41) is 6.19. The number of amides is 2. The van der Waals surface area contributed by atoms with Crippen molar-refractivity contribution in [1.29, 1.82) is 0 Å². The number of imidazole rings is 1. The highest BCUT2D eigenvalue weighted by Crippen LogP contribution is 2.39. The minimum Gasteiger partial charge on any atom is -0.322 e. The largest absolute Gasteiger partial charge is 0.322 e. The molecule has 2 amide bonds. The van der Waals surface area contributed by atoms with E-state index >= 15 is 0 Å². The third-order valence-corrected chi connectivity index (χ3v) is 6.74. The lowest BCUT2D eigenvalue weighted by molar-refractivity contribution is 0.102. The monoisotopic (exact) mass is 461 g/mol. The number of pyridine rings is 1. The van der Waals surface area contributed by atoms with Gasteiger partial charge < -0.3 is 15.2 Å². The van der Waals surface area contributed by atoms with Crippen LogP contribution in [-0.2, 0) is 12.8 Å². The summed E-state index contributed by atoms with van der Waals surface area (Å²) in [5.41, 5.74) is 2.49. The number of nitrogens with one attached hydrogen (secondary N) is 2. The van der Waals surface area contributed by atoms with Crippen LogP contribution in [0.2, 0.25) is 0 Å². The van der Waals surface area contributed by atoms with Crippen LogP contribution in [0.5, 0.6) is 0 Å². The molecule has 3 aromatic heterocycles. The lowest BCUT2D eigenvalue weighted by Gasteiger charge is -2.14. The van der Waals surface area contributed by atoms with Gasteiger partial charge in [0, 0.05) is 35.4 Å². The van der Waals surface area contributed by atoms with E-state index < -0.39 is 5.82 Å². The summed E-state index contributed by atoms with van der Waals surface area (Å²) in [6, 6.07) is 7.86. The number of hydrogen-bond acceptors (Lipinski definition) is 5. The van der Waals surface area contributed by atoms with Crippen LogP contribution in [0.15, 0.2) is 61.4 Å². The summed E-state index contributed by atoms with van der Waals surface area (Å²) in [5.74, 6) is -1.18. The van der Waals surface area contributed by atoms with E-state index in [1.807, 2.05) is 0 Å². The second-order valence-corrected chi connectivity index (χ2v) is 8.81. The summed E-state index contributed by atoms with van der Waals surface area (Å²) >= 11 is 1.43. The van der Waals surface area contributed by atoms with Gasteiger partial charge in [-0.15, -0.1) is 11.3 Å². The number of fused-ring (bicyclic) bond motifs is 1. The number of hydrogen-bond donors (Lipinski definition) is 2. The average molecular weight is 462 g/mol. The molecule has 4 aromatic rings. The van der Waals surface area contributed by atoms with Crippen molar-refractivity contribution in [2.45, 2.75) is 25.7 Å². The molecule has 1 aromatic carbocycles. The molecule has 0 radical (unpaired) electrons. The van der Waals surface area contributed by atoms with Crippen LogP contribution in [0.1, 0.15) is 44.0 Å². The number of rotatable bonds is 5. The van der Waals surface area contributed by atoms with Crippen LogP contribution in [0, 0.1) is 5.82 Å². The van der Waals surface area contributed by atoms with Crippen molar-refractivity contribution in [3.8, 4) is 5.69 Å². The molecule has 9 heteroatoms. The molecule has 166 valence electrons. The van der Waals surface area contributed by atoms with Gasteiger partial charge in [0.1, 0.15) is 10.8 Å². The topological polar surface area (TPSA) is 88.9 Å². The van der Waals surface area contributed by atoms with E-state index in [4.69, 9.17) is 0 Å². The molecule has 0 bridgehead atoms. The van der Waals surface area contributed by atoms with Crippen molar-refractivity contribution in [2.24, 2.45) is 0 Å². The number of halogens is 1. The molecule has 33 heavy (non-hydrogen) atoms. The molecule has 7 nitrogen and oxygen atoms in total. The molecule has 1 aliphatic rings. The number of carbonyl (C=O) groups is 2. The van der Waals surface area contributed by atoms with Gasteiger partial charge in [0.15, 0.2) is 0 Å². The number of carbonyl (C=O) groups excluding carboxylic acids is 2. The summed E-state index contributed by atoms with van der Waals surface area (Å²) in [6.45, 7) is 0. The second kappa shape index (κ2) is 8.95. The Morgan fingerprint density at radius 3 is 2.67 bits per heavy atom. The van der Waals surface area contributed by atoms with Crippen molar-refractivity contribution in [2.75, 3.05) is 10.6 Å². The highest BCUT2D eigenvalue weighted by molar-refractivity contribution is 7.17. The van der Waals surface area contributed by atoms with E-state index in [0.29, 0.717) is 27.5 Å². The van der Waals surface area contributed by atoms with Crippen LogP contribution in [0.4, 0.5) is 15.1 Å². The van der Waals surface area contributed by atoms with Crippen molar-refractivity contribution in [3.63, 3.8) is 0 Å². The number of thiophene rings is 1. The Morgan fingerprint density at radius 1 is 1.03 bits per heavy atom. The number of benzene rings is 1. The normalized spacial score (nSPS) is 12.8. The lowest BCUT2D eigenvalue weighted by Crippen LogP contribution is -2.19. The van der Waals surface area contributed by atoms with E-state index in [1.165, 1.54) is 29.9 Å². The van der Waals surface area contributed by atoms with Gasteiger partial charge in [-0.2, -0.15) is 0 Å². The van der Waals surface area contributed by atoms with Gasteiger partial charge in [0.25, 0.3) is 11.8 Å². The van der Waals surface area contributed by atoms with Gasteiger partial charge in [-0.3, -0.25) is 14.6 Å². The maximum atomic E-state index is 14.7. The fourth-order valence-electron chi connectivity index (χ4n) is 3.96. The Kier molecular flexibility index (Phi) is 5.70. The number of nitrogens with zero attached hydrogens (tertiary/aromatic N) is 3. The molecule has 3 heterocycles. The zero-order chi connectivity index (χ0) is 22.8. The molecule has 2 N–H and O–H groups in total. The van der Waals surface area contributed by atoms with E-state index in [0.717, 1.165) is 36.1 Å². The van der Waals surface area contributed by atoms with E-state index in [1.54, 1.807) is 47.4 Å². The van der Waals surface area contributed by atoms with Crippen LogP contribution in [0.3, 0.4) is 0 Å².